The van der Waals surface area contributed by atoms with Crippen LogP contribution < -0.4 is 4.90 Å². The molecule has 0 spiro atoms. The van der Waals surface area contributed by atoms with Gasteiger partial charge < -0.3 is 14.0 Å². The van der Waals surface area contributed by atoms with Gasteiger partial charge in [-0.15, -0.1) is 0 Å². The van der Waals surface area contributed by atoms with E-state index in [-0.39, 0.29) is 0 Å². The van der Waals surface area contributed by atoms with Crippen molar-refractivity contribution in [2.75, 3.05) is 4.90 Å². The summed E-state index contributed by atoms with van der Waals surface area (Å²) in [7, 11) is 0. The molecule has 0 radical (unpaired) electrons. The van der Waals surface area contributed by atoms with Gasteiger partial charge in [0, 0.05) is 50.2 Å². The van der Waals surface area contributed by atoms with Gasteiger partial charge in [0.05, 0.1) is 28.1 Å². The Bertz CT molecular complexity index is 3130. The molecule has 63 heavy (non-hydrogen) atoms. The van der Waals surface area contributed by atoms with Gasteiger partial charge in [0.2, 0.25) is 0 Å². The standard InChI is InChI=1S/C60H47N3/c1-7-19-55-49(13-1)50-14-2-8-20-56(50)61(55)46-31-25-40(26-32-46)43-37-44(41-27-33-47(34-28-41)62-57-21-9-3-15-51(57)52-16-4-10-22-58(52)62)39-45(38-43)42-29-35-48(36-30-42)63-59-23-11-5-17-53(59)54-18-6-12-24-60(54)63/h1-36,43-45,49,55H,37-39H2. The Labute approximate surface area is 368 Å². The van der Waals surface area contributed by atoms with Gasteiger partial charge in [-0.25, -0.2) is 0 Å². The largest absolute Gasteiger partial charge is 0.333 e. The SMILES string of the molecule is C1=CC2c3ccccc3N(c3ccc(C4CC(c5ccc(-n6c7ccccc7c7ccccc76)cc5)CC(c5ccc(-n6c7ccccc7c7ccccc76)cc5)C4)cc3)C2C=C1. The molecule has 3 heteroatoms. The molecule has 302 valence electrons. The highest BCUT2D eigenvalue weighted by atomic mass is 15.2. The average molecular weight is 810 g/mol. The Hall–Kier alpha value is -7.36. The van der Waals surface area contributed by atoms with Crippen molar-refractivity contribution >= 4 is 55.0 Å². The van der Waals surface area contributed by atoms with Crippen LogP contribution in [0.2, 0.25) is 0 Å². The highest BCUT2D eigenvalue weighted by Crippen LogP contribution is 2.51. The van der Waals surface area contributed by atoms with Gasteiger partial charge in [0.1, 0.15) is 0 Å². The minimum absolute atomic E-state index is 0.303. The van der Waals surface area contributed by atoms with Crippen molar-refractivity contribution in [1.29, 1.82) is 0 Å². The predicted octanol–water partition coefficient (Wildman–Crippen LogP) is 15.4. The summed E-state index contributed by atoms with van der Waals surface area (Å²) in [6.45, 7) is 0. The number of aromatic nitrogens is 2. The first kappa shape index (κ1) is 36.3. The number of hydrogen-bond acceptors (Lipinski definition) is 1. The Balaban J connectivity index is 0.856. The summed E-state index contributed by atoms with van der Waals surface area (Å²) in [5.41, 5.74) is 15.7. The topological polar surface area (TPSA) is 13.1 Å². The first-order valence-corrected chi connectivity index (χ1v) is 22.8. The Morgan fingerprint density at radius 3 is 1.14 bits per heavy atom. The molecule has 2 aromatic heterocycles. The molecular formula is C60H47N3. The molecule has 3 aliphatic rings. The van der Waals surface area contributed by atoms with E-state index in [4.69, 9.17) is 0 Å². The first-order chi connectivity index (χ1) is 31.2. The molecule has 1 fully saturated rings. The number of anilines is 2. The molecule has 4 unspecified atom stereocenters. The molecule has 0 amide bonds. The predicted molar refractivity (Wildman–Crippen MR) is 263 cm³/mol. The number of fused-ring (bicyclic) bond motifs is 9. The molecule has 2 aliphatic carbocycles. The molecule has 0 N–H and O–H groups in total. The van der Waals surface area contributed by atoms with E-state index in [1.807, 2.05) is 0 Å². The van der Waals surface area contributed by atoms with E-state index >= 15 is 0 Å². The van der Waals surface area contributed by atoms with E-state index in [2.05, 4.69) is 232 Å². The molecule has 0 saturated heterocycles. The van der Waals surface area contributed by atoms with Gasteiger partial charge in [0.25, 0.3) is 0 Å². The smallest absolute Gasteiger partial charge is 0.0629 e. The summed E-state index contributed by atoms with van der Waals surface area (Å²) in [5.74, 6) is 1.69. The second kappa shape index (κ2) is 14.6. The van der Waals surface area contributed by atoms with Crippen molar-refractivity contribution < 1.29 is 0 Å². The van der Waals surface area contributed by atoms with Crippen LogP contribution in [-0.4, -0.2) is 15.2 Å². The number of rotatable bonds is 6. The minimum atomic E-state index is 0.303. The molecule has 0 bridgehead atoms. The third kappa shape index (κ3) is 5.87. The monoisotopic (exact) mass is 809 g/mol. The molecule has 1 saturated carbocycles. The maximum atomic E-state index is 2.55. The van der Waals surface area contributed by atoms with Crippen LogP contribution in [0.15, 0.2) is 218 Å². The fourth-order valence-corrected chi connectivity index (χ4v) is 11.8. The Morgan fingerprint density at radius 2 is 0.698 bits per heavy atom. The molecule has 4 atom stereocenters. The van der Waals surface area contributed by atoms with Crippen LogP contribution in [0.3, 0.4) is 0 Å². The normalized spacial score (nSPS) is 20.5. The highest BCUT2D eigenvalue weighted by molar-refractivity contribution is 6.10. The highest BCUT2D eigenvalue weighted by Gasteiger charge is 2.37. The fourth-order valence-electron chi connectivity index (χ4n) is 11.8. The van der Waals surface area contributed by atoms with Crippen molar-refractivity contribution in [3.8, 4) is 11.4 Å². The lowest BCUT2D eigenvalue weighted by Gasteiger charge is -2.36. The van der Waals surface area contributed by atoms with Gasteiger partial charge in [-0.2, -0.15) is 0 Å². The number of benzene rings is 8. The van der Waals surface area contributed by atoms with Crippen LogP contribution >= 0.6 is 0 Å². The van der Waals surface area contributed by atoms with Crippen molar-refractivity contribution in [1.82, 2.24) is 9.13 Å². The van der Waals surface area contributed by atoms with Crippen LogP contribution in [0.4, 0.5) is 11.4 Å². The average Bonchev–Trinajstić information content (AvgIpc) is 4.00. The summed E-state index contributed by atoms with van der Waals surface area (Å²) in [4.78, 5) is 2.55. The fraction of sp³-hybridized carbons (Fsp3) is 0.133. The maximum absolute atomic E-state index is 2.55. The van der Waals surface area contributed by atoms with E-state index in [9.17, 15) is 0 Å². The van der Waals surface area contributed by atoms with Gasteiger partial charge in [-0.1, -0.05) is 152 Å². The van der Waals surface area contributed by atoms with Crippen molar-refractivity contribution in [3.63, 3.8) is 0 Å². The van der Waals surface area contributed by atoms with E-state index in [1.165, 1.54) is 88.6 Å². The summed E-state index contributed by atoms with van der Waals surface area (Å²) in [6.07, 6.45) is 12.5. The van der Waals surface area contributed by atoms with Crippen molar-refractivity contribution in [2.24, 2.45) is 0 Å². The minimum Gasteiger partial charge on any atom is -0.333 e. The molecular weight excluding hydrogens is 763 g/mol. The van der Waals surface area contributed by atoms with Gasteiger partial charge in [0.15, 0.2) is 0 Å². The zero-order chi connectivity index (χ0) is 41.4. The summed E-state index contributed by atoms with van der Waals surface area (Å²) in [6, 6.07) is 73.2. The van der Waals surface area contributed by atoms with Crippen molar-refractivity contribution in [3.05, 3.63) is 241 Å². The molecule has 1 aliphatic heterocycles. The molecule has 8 aromatic carbocycles. The van der Waals surface area contributed by atoms with Gasteiger partial charge >= 0.3 is 0 Å². The van der Waals surface area contributed by atoms with E-state index in [1.54, 1.807) is 0 Å². The quantitative estimate of drug-likeness (QED) is 0.163. The van der Waals surface area contributed by atoms with Crippen LogP contribution in [0, 0.1) is 0 Å². The summed E-state index contributed by atoms with van der Waals surface area (Å²) in [5, 5.41) is 5.19. The van der Waals surface area contributed by atoms with E-state index in [0.717, 1.165) is 19.3 Å². The summed E-state index contributed by atoms with van der Waals surface area (Å²) >= 11 is 0. The maximum Gasteiger partial charge on any atom is 0.0629 e. The molecule has 3 nitrogen and oxygen atoms in total. The van der Waals surface area contributed by atoms with E-state index < -0.39 is 0 Å². The summed E-state index contributed by atoms with van der Waals surface area (Å²) < 4.78 is 4.86. The molecule has 10 aromatic rings. The number of nitrogens with zero attached hydrogens (tertiary/aromatic N) is 3. The lowest BCUT2D eigenvalue weighted by Crippen LogP contribution is -2.28. The van der Waals surface area contributed by atoms with Gasteiger partial charge in [-0.05, 0) is 126 Å². The Kier molecular flexibility index (Phi) is 8.44. The Morgan fingerprint density at radius 1 is 0.333 bits per heavy atom. The lowest BCUT2D eigenvalue weighted by atomic mass is 9.68. The molecule has 3 heterocycles. The first-order valence-electron chi connectivity index (χ1n) is 22.8. The number of hydrogen-bond donors (Lipinski definition) is 0. The zero-order valence-electron chi connectivity index (χ0n) is 35.1. The third-order valence-electron chi connectivity index (χ3n) is 14.7. The zero-order valence-corrected chi connectivity index (χ0v) is 35.1. The second-order valence-corrected chi connectivity index (χ2v) is 18.0. The van der Waals surface area contributed by atoms with Gasteiger partial charge in [-0.3, -0.25) is 0 Å². The van der Waals surface area contributed by atoms with Crippen LogP contribution in [-0.2, 0) is 0 Å². The van der Waals surface area contributed by atoms with Crippen LogP contribution in [0.5, 0.6) is 0 Å². The number of para-hydroxylation sites is 5. The lowest BCUT2D eigenvalue weighted by molar-refractivity contribution is 0.351. The molecule has 13 rings (SSSR count). The second-order valence-electron chi connectivity index (χ2n) is 18.0. The third-order valence-corrected chi connectivity index (χ3v) is 14.7. The van der Waals surface area contributed by atoms with E-state index in [0.29, 0.717) is 29.7 Å². The number of allylic oxidation sites excluding steroid dienone is 2. The van der Waals surface area contributed by atoms with Crippen LogP contribution in [0.25, 0.3) is 55.0 Å². The van der Waals surface area contributed by atoms with Crippen molar-refractivity contribution in [2.45, 2.75) is 49.0 Å². The van der Waals surface area contributed by atoms with Crippen LogP contribution in [0.1, 0.15) is 65.2 Å².